The van der Waals surface area contributed by atoms with Crippen LogP contribution < -0.4 is 5.32 Å². The molecule has 2 amide bonds. The van der Waals surface area contributed by atoms with Crippen molar-refractivity contribution in [3.63, 3.8) is 0 Å². The zero-order valence-corrected chi connectivity index (χ0v) is 12.0. The summed E-state index contributed by atoms with van der Waals surface area (Å²) in [5, 5.41) is 2.65. The van der Waals surface area contributed by atoms with E-state index in [1.807, 2.05) is 13.8 Å². The van der Waals surface area contributed by atoms with Gasteiger partial charge in [0.2, 0.25) is 5.91 Å². The molecule has 1 aromatic rings. The number of hydrogen-bond acceptors (Lipinski definition) is 3. The summed E-state index contributed by atoms with van der Waals surface area (Å²) in [6.07, 6.45) is 0.288. The largest absolute Gasteiger partial charge is 0.455 e. The van der Waals surface area contributed by atoms with Gasteiger partial charge in [0, 0.05) is 26.1 Å². The summed E-state index contributed by atoms with van der Waals surface area (Å²) in [5.41, 5.74) is 0. The average Bonchev–Trinajstić information content (AvgIpc) is 2.89. The Kier molecular flexibility index (Phi) is 6.42. The summed E-state index contributed by atoms with van der Waals surface area (Å²) in [7, 11) is 0. The van der Waals surface area contributed by atoms with Crippen LogP contribution in [0.1, 0.15) is 36.6 Å². The number of nitrogens with one attached hydrogen (secondary N) is 1. The van der Waals surface area contributed by atoms with Crippen LogP contribution >= 0.6 is 11.6 Å². The summed E-state index contributed by atoms with van der Waals surface area (Å²) >= 11 is 5.58. The summed E-state index contributed by atoms with van der Waals surface area (Å²) in [6, 6.07) is 3.22. The van der Waals surface area contributed by atoms with E-state index in [-0.39, 0.29) is 29.9 Å². The van der Waals surface area contributed by atoms with Gasteiger partial charge in [0.05, 0.1) is 5.88 Å². The lowest BCUT2D eigenvalue weighted by Gasteiger charge is -2.18. The van der Waals surface area contributed by atoms with Crippen LogP contribution in [0.25, 0.3) is 0 Å². The molecular formula is C13H19ClN2O3. The van der Waals surface area contributed by atoms with Gasteiger partial charge in [0.25, 0.3) is 5.91 Å². The van der Waals surface area contributed by atoms with Crippen molar-refractivity contribution in [1.82, 2.24) is 10.2 Å². The maximum atomic E-state index is 11.7. The Bertz CT molecular complexity index is 427. The quantitative estimate of drug-likeness (QED) is 0.780. The Morgan fingerprint density at radius 3 is 2.53 bits per heavy atom. The van der Waals surface area contributed by atoms with Crippen molar-refractivity contribution in [3.05, 3.63) is 23.7 Å². The van der Waals surface area contributed by atoms with Crippen molar-refractivity contribution in [2.75, 3.05) is 19.6 Å². The minimum atomic E-state index is -0.330. The molecule has 0 aliphatic heterocycles. The first-order valence-corrected chi connectivity index (χ1v) is 6.86. The molecule has 0 radical (unpaired) electrons. The molecule has 0 aliphatic carbocycles. The third kappa shape index (κ3) is 4.59. The molecule has 0 bridgehead atoms. The molecule has 1 rings (SSSR count). The molecule has 0 saturated carbocycles. The highest BCUT2D eigenvalue weighted by atomic mass is 35.5. The smallest absolute Gasteiger partial charge is 0.287 e. The van der Waals surface area contributed by atoms with E-state index in [1.54, 1.807) is 17.0 Å². The summed E-state index contributed by atoms with van der Waals surface area (Å²) in [6.45, 7) is 5.51. The molecular weight excluding hydrogens is 268 g/mol. The Labute approximate surface area is 117 Å². The van der Waals surface area contributed by atoms with Gasteiger partial charge in [-0.3, -0.25) is 9.59 Å². The van der Waals surface area contributed by atoms with Gasteiger partial charge >= 0.3 is 0 Å². The van der Waals surface area contributed by atoms with Gasteiger partial charge < -0.3 is 14.6 Å². The van der Waals surface area contributed by atoms with Gasteiger partial charge in [-0.15, -0.1) is 11.6 Å². The number of furan rings is 1. The third-order valence-corrected chi connectivity index (χ3v) is 3.02. The molecule has 0 unspecified atom stereocenters. The van der Waals surface area contributed by atoms with E-state index in [0.29, 0.717) is 25.4 Å². The predicted octanol–water partition coefficient (Wildman–Crippen LogP) is 2.01. The molecule has 0 fully saturated rings. The second-order valence-corrected chi connectivity index (χ2v) is 4.24. The molecule has 5 nitrogen and oxygen atoms in total. The van der Waals surface area contributed by atoms with Crippen molar-refractivity contribution >= 4 is 23.4 Å². The van der Waals surface area contributed by atoms with E-state index >= 15 is 0 Å². The summed E-state index contributed by atoms with van der Waals surface area (Å²) in [4.78, 5) is 25.1. The lowest BCUT2D eigenvalue weighted by molar-refractivity contribution is -0.130. The van der Waals surface area contributed by atoms with E-state index in [9.17, 15) is 9.59 Å². The molecule has 0 saturated heterocycles. The van der Waals surface area contributed by atoms with Crippen LogP contribution in [0.15, 0.2) is 16.5 Å². The van der Waals surface area contributed by atoms with Crippen LogP contribution in [0.2, 0.25) is 0 Å². The Morgan fingerprint density at radius 2 is 2.00 bits per heavy atom. The minimum absolute atomic E-state index is 0.0335. The van der Waals surface area contributed by atoms with Crippen molar-refractivity contribution in [1.29, 1.82) is 0 Å². The molecule has 1 aromatic heterocycles. The monoisotopic (exact) mass is 286 g/mol. The molecule has 6 heteroatoms. The van der Waals surface area contributed by atoms with Gasteiger partial charge in [-0.25, -0.2) is 0 Å². The number of amides is 2. The second kappa shape index (κ2) is 7.84. The molecule has 1 heterocycles. The number of hydrogen-bond donors (Lipinski definition) is 1. The highest BCUT2D eigenvalue weighted by Crippen LogP contribution is 2.09. The SMILES string of the molecule is CCN(CC)C(=O)CCNC(=O)c1ccc(CCl)o1. The van der Waals surface area contributed by atoms with Crippen LogP contribution in [-0.2, 0) is 10.7 Å². The molecule has 0 atom stereocenters. The highest BCUT2D eigenvalue weighted by molar-refractivity contribution is 6.16. The highest BCUT2D eigenvalue weighted by Gasteiger charge is 2.13. The zero-order chi connectivity index (χ0) is 14.3. The number of halogens is 1. The van der Waals surface area contributed by atoms with Gasteiger partial charge in [0.1, 0.15) is 5.76 Å². The topological polar surface area (TPSA) is 62.6 Å². The van der Waals surface area contributed by atoms with E-state index < -0.39 is 0 Å². The molecule has 19 heavy (non-hydrogen) atoms. The third-order valence-electron chi connectivity index (χ3n) is 2.76. The van der Waals surface area contributed by atoms with Gasteiger partial charge in [-0.1, -0.05) is 0 Å². The standard InChI is InChI=1S/C13H19ClN2O3/c1-3-16(4-2)12(17)7-8-15-13(18)11-6-5-10(9-14)19-11/h5-6H,3-4,7-9H2,1-2H3,(H,15,18). The number of nitrogens with zero attached hydrogens (tertiary/aromatic N) is 1. The van der Waals surface area contributed by atoms with Crippen molar-refractivity contribution < 1.29 is 14.0 Å². The van der Waals surface area contributed by atoms with Crippen molar-refractivity contribution in [3.8, 4) is 0 Å². The van der Waals surface area contributed by atoms with E-state index in [4.69, 9.17) is 16.0 Å². The van der Waals surface area contributed by atoms with E-state index in [0.717, 1.165) is 0 Å². The van der Waals surface area contributed by atoms with Gasteiger partial charge in [-0.2, -0.15) is 0 Å². The fraction of sp³-hybridized carbons (Fsp3) is 0.538. The zero-order valence-electron chi connectivity index (χ0n) is 11.2. The number of rotatable bonds is 7. The first-order valence-electron chi connectivity index (χ1n) is 6.33. The number of carbonyl (C=O) groups excluding carboxylic acids is 2. The minimum Gasteiger partial charge on any atom is -0.455 e. The first kappa shape index (κ1) is 15.6. The van der Waals surface area contributed by atoms with Crippen LogP contribution in [0.4, 0.5) is 0 Å². The van der Waals surface area contributed by atoms with Crippen LogP contribution in [0.3, 0.4) is 0 Å². The fourth-order valence-electron chi connectivity index (χ4n) is 1.68. The Morgan fingerprint density at radius 1 is 1.32 bits per heavy atom. The maximum Gasteiger partial charge on any atom is 0.287 e. The fourth-order valence-corrected chi connectivity index (χ4v) is 1.82. The van der Waals surface area contributed by atoms with Gasteiger partial charge in [-0.05, 0) is 26.0 Å². The Hall–Kier alpha value is -1.49. The normalized spacial score (nSPS) is 10.3. The molecule has 1 N–H and O–H groups in total. The van der Waals surface area contributed by atoms with Gasteiger partial charge in [0.15, 0.2) is 5.76 Å². The molecule has 106 valence electrons. The summed E-state index contributed by atoms with van der Waals surface area (Å²) < 4.78 is 5.20. The maximum absolute atomic E-state index is 11.7. The lowest BCUT2D eigenvalue weighted by atomic mass is 10.3. The summed E-state index contributed by atoms with van der Waals surface area (Å²) in [5.74, 6) is 0.695. The average molecular weight is 287 g/mol. The van der Waals surface area contributed by atoms with Crippen molar-refractivity contribution in [2.24, 2.45) is 0 Å². The number of alkyl halides is 1. The molecule has 0 spiro atoms. The van der Waals surface area contributed by atoms with E-state index in [2.05, 4.69) is 5.32 Å². The predicted molar refractivity (Wildman–Crippen MR) is 73.1 cm³/mol. The van der Waals surface area contributed by atoms with Crippen molar-refractivity contribution in [2.45, 2.75) is 26.1 Å². The van der Waals surface area contributed by atoms with Crippen LogP contribution in [0, 0.1) is 0 Å². The number of carbonyl (C=O) groups is 2. The van der Waals surface area contributed by atoms with Crippen LogP contribution in [0.5, 0.6) is 0 Å². The second-order valence-electron chi connectivity index (χ2n) is 3.97. The molecule has 0 aliphatic rings. The first-order chi connectivity index (χ1) is 9.12. The Balaban J connectivity index is 2.36. The molecule has 0 aromatic carbocycles. The van der Waals surface area contributed by atoms with Crippen LogP contribution in [-0.4, -0.2) is 36.3 Å². The lowest BCUT2D eigenvalue weighted by Crippen LogP contribution is -2.34. The van der Waals surface area contributed by atoms with E-state index in [1.165, 1.54) is 0 Å².